The van der Waals surface area contributed by atoms with Gasteiger partial charge in [0.1, 0.15) is 12.1 Å². The number of hydrogen-bond donors (Lipinski definition) is 9. The summed E-state index contributed by atoms with van der Waals surface area (Å²) in [6.07, 6.45) is -1.16. The van der Waals surface area contributed by atoms with Crippen LogP contribution in [0.1, 0.15) is 38.5 Å². The largest absolute Gasteiger partial charge is 0.481 e. The Morgan fingerprint density at radius 1 is 0.794 bits per heavy atom. The summed E-state index contributed by atoms with van der Waals surface area (Å²) in [5.74, 6) is -6.52. The molecule has 3 atom stereocenters. The summed E-state index contributed by atoms with van der Waals surface area (Å²) in [6.45, 7) is -0.501. The minimum absolute atomic E-state index is 0.0112. The number of carboxylic acid groups (broad SMARTS) is 3. The molecule has 0 spiro atoms. The van der Waals surface area contributed by atoms with Gasteiger partial charge in [-0.3, -0.25) is 29.0 Å². The van der Waals surface area contributed by atoms with E-state index >= 15 is 0 Å². The highest BCUT2D eigenvalue weighted by Gasteiger charge is 2.26. The fraction of sp³-hybridized carbons (Fsp3) is 0.611. The van der Waals surface area contributed by atoms with Crippen LogP contribution in [0.25, 0.3) is 0 Å². The second kappa shape index (κ2) is 15.8. The van der Waals surface area contributed by atoms with Gasteiger partial charge in [0.2, 0.25) is 17.7 Å². The Morgan fingerprint density at radius 3 is 1.91 bits per heavy atom. The van der Waals surface area contributed by atoms with Crippen LogP contribution >= 0.6 is 0 Å². The van der Waals surface area contributed by atoms with Crippen LogP contribution < -0.4 is 33.2 Å². The molecule has 0 aromatic rings. The number of rotatable bonds is 17. The minimum atomic E-state index is -1.37. The summed E-state index contributed by atoms with van der Waals surface area (Å²) in [5.41, 5.74) is 15.9. The van der Waals surface area contributed by atoms with E-state index in [1.54, 1.807) is 0 Å². The first-order valence-corrected chi connectivity index (χ1v) is 10.2. The second-order valence-corrected chi connectivity index (χ2v) is 7.16. The van der Waals surface area contributed by atoms with Crippen LogP contribution in [0.15, 0.2) is 4.99 Å². The molecule has 0 aliphatic carbocycles. The smallest absolute Gasteiger partial charge is 0.326 e. The summed E-state index contributed by atoms with van der Waals surface area (Å²) < 4.78 is 0. The van der Waals surface area contributed by atoms with Crippen molar-refractivity contribution in [1.82, 2.24) is 16.0 Å². The zero-order valence-electron chi connectivity index (χ0n) is 18.4. The van der Waals surface area contributed by atoms with Crippen LogP contribution in [0.4, 0.5) is 0 Å². The van der Waals surface area contributed by atoms with Gasteiger partial charge in [-0.2, -0.15) is 0 Å². The Balaban J connectivity index is 4.88. The van der Waals surface area contributed by atoms with E-state index in [2.05, 4.69) is 20.9 Å². The molecule has 34 heavy (non-hydrogen) atoms. The van der Waals surface area contributed by atoms with E-state index in [-0.39, 0.29) is 38.2 Å². The molecule has 3 amide bonds. The van der Waals surface area contributed by atoms with Crippen molar-refractivity contribution < 1.29 is 44.1 Å². The first-order chi connectivity index (χ1) is 15.8. The van der Waals surface area contributed by atoms with Gasteiger partial charge in [0.05, 0.1) is 12.6 Å². The van der Waals surface area contributed by atoms with E-state index in [4.69, 9.17) is 27.4 Å². The SMILES string of the molecule is NC(N)=NCCCC(NC(=O)CNC(=O)C(CCC(=O)O)NC(=O)C(N)CCC(=O)O)C(=O)O. The van der Waals surface area contributed by atoms with Crippen molar-refractivity contribution in [3.63, 3.8) is 0 Å². The van der Waals surface area contributed by atoms with E-state index < -0.39 is 73.1 Å². The highest BCUT2D eigenvalue weighted by atomic mass is 16.4. The summed E-state index contributed by atoms with van der Waals surface area (Å²) in [7, 11) is 0. The molecule has 16 nitrogen and oxygen atoms in total. The molecule has 0 saturated carbocycles. The Hall–Kier alpha value is -3.95. The minimum Gasteiger partial charge on any atom is -0.481 e. The average molecular weight is 489 g/mol. The number of carbonyl (C=O) groups is 6. The summed E-state index contributed by atoms with van der Waals surface area (Å²) >= 11 is 0. The molecular formula is C18H31N7O9. The topological polar surface area (TPSA) is 290 Å². The number of aliphatic imine (C=N–C) groups is 1. The summed E-state index contributed by atoms with van der Waals surface area (Å²) in [6, 6.07) is -3.90. The lowest BCUT2D eigenvalue weighted by Gasteiger charge is -2.20. The third-order valence-electron chi connectivity index (χ3n) is 4.29. The molecule has 0 aromatic heterocycles. The standard InChI is InChI=1S/C18H31N7O9/c19-9(3-5-13(27)28)15(31)25-10(4-6-14(29)30)16(32)23-8-12(26)24-11(17(33)34)2-1-7-22-18(20)21/h9-11H,1-8,19H2,(H,23,32)(H,24,26)(H,25,31)(H,27,28)(H,29,30)(H,33,34)(H4,20,21,22). The third kappa shape index (κ3) is 14.2. The molecular weight excluding hydrogens is 458 g/mol. The van der Waals surface area contributed by atoms with Gasteiger partial charge in [-0.1, -0.05) is 0 Å². The van der Waals surface area contributed by atoms with Gasteiger partial charge in [-0.25, -0.2) is 4.79 Å². The van der Waals surface area contributed by atoms with Crippen LogP contribution in [0.3, 0.4) is 0 Å². The molecule has 12 N–H and O–H groups in total. The van der Waals surface area contributed by atoms with Crippen molar-refractivity contribution in [2.75, 3.05) is 13.1 Å². The maximum Gasteiger partial charge on any atom is 0.326 e. The number of hydrogen-bond acceptors (Lipinski definition) is 8. The number of guanidine groups is 1. The molecule has 0 heterocycles. The van der Waals surface area contributed by atoms with Gasteiger partial charge in [0.25, 0.3) is 0 Å². The second-order valence-electron chi connectivity index (χ2n) is 7.16. The van der Waals surface area contributed by atoms with Gasteiger partial charge < -0.3 is 48.5 Å². The summed E-state index contributed by atoms with van der Waals surface area (Å²) in [4.78, 5) is 73.0. The predicted molar refractivity (Wildman–Crippen MR) is 116 cm³/mol. The van der Waals surface area contributed by atoms with Crippen LogP contribution in [-0.4, -0.2) is 88.1 Å². The number of nitrogens with zero attached hydrogens (tertiary/aromatic N) is 1. The van der Waals surface area contributed by atoms with E-state index in [1.165, 1.54) is 0 Å². The number of aliphatic carboxylic acids is 3. The molecule has 16 heteroatoms. The number of amides is 3. The number of nitrogens with two attached hydrogens (primary N) is 3. The van der Waals surface area contributed by atoms with Crippen LogP contribution in [0.5, 0.6) is 0 Å². The van der Waals surface area contributed by atoms with Gasteiger partial charge >= 0.3 is 17.9 Å². The van der Waals surface area contributed by atoms with Crippen molar-refractivity contribution >= 4 is 41.6 Å². The van der Waals surface area contributed by atoms with Gasteiger partial charge in [0.15, 0.2) is 5.96 Å². The van der Waals surface area contributed by atoms with Gasteiger partial charge in [0, 0.05) is 19.4 Å². The summed E-state index contributed by atoms with van der Waals surface area (Å²) in [5, 5.41) is 33.3. The molecule has 0 aromatic carbocycles. The fourth-order valence-corrected chi connectivity index (χ4v) is 2.52. The zero-order valence-corrected chi connectivity index (χ0v) is 18.4. The lowest BCUT2D eigenvalue weighted by Crippen LogP contribution is -2.53. The van der Waals surface area contributed by atoms with E-state index in [0.29, 0.717) is 0 Å². The maximum atomic E-state index is 12.4. The van der Waals surface area contributed by atoms with Crippen molar-refractivity contribution in [3.8, 4) is 0 Å². The normalized spacial score (nSPS) is 13.0. The third-order valence-corrected chi connectivity index (χ3v) is 4.29. The number of carbonyl (C=O) groups excluding carboxylic acids is 3. The fourth-order valence-electron chi connectivity index (χ4n) is 2.52. The quantitative estimate of drug-likeness (QED) is 0.0541. The van der Waals surface area contributed by atoms with Gasteiger partial charge in [-0.05, 0) is 25.7 Å². The number of carboxylic acids is 3. The first-order valence-electron chi connectivity index (χ1n) is 10.2. The Labute approximate surface area is 194 Å². The highest BCUT2D eigenvalue weighted by molar-refractivity contribution is 5.93. The van der Waals surface area contributed by atoms with Crippen molar-refractivity contribution in [2.45, 2.75) is 56.7 Å². The van der Waals surface area contributed by atoms with Crippen molar-refractivity contribution in [1.29, 1.82) is 0 Å². The molecule has 0 rings (SSSR count). The lowest BCUT2D eigenvalue weighted by atomic mass is 10.1. The molecule has 0 bridgehead atoms. The average Bonchev–Trinajstić information content (AvgIpc) is 2.74. The Kier molecular flexibility index (Phi) is 14.0. The molecule has 3 unspecified atom stereocenters. The van der Waals surface area contributed by atoms with Crippen LogP contribution in [0, 0.1) is 0 Å². The Morgan fingerprint density at radius 2 is 1.38 bits per heavy atom. The first kappa shape index (κ1) is 30.1. The van der Waals surface area contributed by atoms with E-state index in [0.717, 1.165) is 0 Å². The predicted octanol–water partition coefficient (Wildman–Crippen LogP) is -3.73. The van der Waals surface area contributed by atoms with Crippen molar-refractivity contribution in [2.24, 2.45) is 22.2 Å². The molecule has 0 saturated heterocycles. The lowest BCUT2D eigenvalue weighted by molar-refractivity contribution is -0.142. The highest BCUT2D eigenvalue weighted by Crippen LogP contribution is 2.02. The molecule has 0 radical (unpaired) electrons. The molecule has 192 valence electrons. The zero-order chi connectivity index (χ0) is 26.3. The van der Waals surface area contributed by atoms with Crippen LogP contribution in [0.2, 0.25) is 0 Å². The van der Waals surface area contributed by atoms with Gasteiger partial charge in [-0.15, -0.1) is 0 Å². The molecule has 0 fully saturated rings. The molecule has 0 aliphatic heterocycles. The van der Waals surface area contributed by atoms with Crippen LogP contribution in [-0.2, 0) is 28.8 Å². The van der Waals surface area contributed by atoms with E-state index in [9.17, 15) is 33.9 Å². The monoisotopic (exact) mass is 489 g/mol. The Bertz CT molecular complexity index is 784. The number of nitrogens with one attached hydrogen (secondary N) is 3. The maximum absolute atomic E-state index is 12.4. The molecule has 0 aliphatic rings. The van der Waals surface area contributed by atoms with E-state index in [1.807, 2.05) is 0 Å². The van der Waals surface area contributed by atoms with Crippen molar-refractivity contribution in [3.05, 3.63) is 0 Å².